The van der Waals surface area contributed by atoms with Crippen LogP contribution in [0.1, 0.15) is 20.3 Å². The number of urea groups is 1. The van der Waals surface area contributed by atoms with E-state index in [1.54, 1.807) is 0 Å². The van der Waals surface area contributed by atoms with Crippen LogP contribution in [0.3, 0.4) is 0 Å². The van der Waals surface area contributed by atoms with Crippen LogP contribution >= 0.6 is 0 Å². The van der Waals surface area contributed by atoms with Gasteiger partial charge in [0.25, 0.3) is 0 Å². The zero-order chi connectivity index (χ0) is 14.2. The molecule has 0 unspecified atom stereocenters. The van der Waals surface area contributed by atoms with Gasteiger partial charge in [0.05, 0.1) is 19.1 Å². The SMILES string of the molecule is COCCN(CCC#N)C(=O)NC(C)(C)C(=O)O. The predicted octanol–water partition coefficient (Wildman–Crippen LogP) is 0.421. The number of rotatable bonds is 7. The van der Waals surface area contributed by atoms with Gasteiger partial charge >= 0.3 is 12.0 Å². The molecular weight excluding hydrogens is 238 g/mol. The van der Waals surface area contributed by atoms with Crippen LogP contribution in [0.15, 0.2) is 0 Å². The maximum Gasteiger partial charge on any atom is 0.328 e. The Hall–Kier alpha value is -1.81. The Labute approximate surface area is 106 Å². The number of amides is 2. The fraction of sp³-hybridized carbons (Fsp3) is 0.727. The van der Waals surface area contributed by atoms with Gasteiger partial charge in [0.1, 0.15) is 5.54 Å². The van der Waals surface area contributed by atoms with E-state index in [4.69, 9.17) is 15.1 Å². The van der Waals surface area contributed by atoms with Gasteiger partial charge in [0.2, 0.25) is 0 Å². The maximum atomic E-state index is 11.9. The Morgan fingerprint density at radius 1 is 1.44 bits per heavy atom. The first-order valence-corrected chi connectivity index (χ1v) is 5.51. The Morgan fingerprint density at radius 3 is 2.50 bits per heavy atom. The minimum Gasteiger partial charge on any atom is -0.480 e. The molecule has 0 aliphatic rings. The first kappa shape index (κ1) is 16.2. The van der Waals surface area contributed by atoms with Crippen LogP contribution in [0.4, 0.5) is 4.79 Å². The average Bonchev–Trinajstić information content (AvgIpc) is 2.28. The maximum absolute atomic E-state index is 11.9. The summed E-state index contributed by atoms with van der Waals surface area (Å²) in [6.45, 7) is 3.66. The van der Waals surface area contributed by atoms with Gasteiger partial charge in [-0.25, -0.2) is 9.59 Å². The van der Waals surface area contributed by atoms with Gasteiger partial charge in [-0.05, 0) is 13.8 Å². The molecule has 0 saturated carbocycles. The fourth-order valence-corrected chi connectivity index (χ4v) is 1.10. The number of carbonyl (C=O) groups excluding carboxylic acids is 1. The second-order valence-electron chi connectivity index (χ2n) is 4.25. The van der Waals surface area contributed by atoms with Crippen LogP contribution in [0, 0.1) is 11.3 Å². The van der Waals surface area contributed by atoms with E-state index in [1.807, 2.05) is 6.07 Å². The van der Waals surface area contributed by atoms with Crippen molar-refractivity contribution in [3.63, 3.8) is 0 Å². The summed E-state index contributed by atoms with van der Waals surface area (Å²) in [5.41, 5.74) is -1.35. The van der Waals surface area contributed by atoms with Gasteiger partial charge in [-0.2, -0.15) is 5.26 Å². The van der Waals surface area contributed by atoms with Crippen LogP contribution < -0.4 is 5.32 Å². The molecule has 0 atom stereocenters. The van der Waals surface area contributed by atoms with Gasteiger partial charge in [-0.15, -0.1) is 0 Å². The van der Waals surface area contributed by atoms with Gasteiger partial charge < -0.3 is 20.1 Å². The normalized spacial score (nSPS) is 10.6. The lowest BCUT2D eigenvalue weighted by Crippen LogP contribution is -2.54. The van der Waals surface area contributed by atoms with Crippen molar-refractivity contribution in [2.45, 2.75) is 25.8 Å². The van der Waals surface area contributed by atoms with Crippen LogP contribution in [-0.4, -0.2) is 54.4 Å². The molecule has 7 heteroatoms. The van der Waals surface area contributed by atoms with Crippen molar-refractivity contribution in [1.29, 1.82) is 5.26 Å². The molecule has 0 aromatic carbocycles. The second kappa shape index (κ2) is 7.50. The van der Waals surface area contributed by atoms with Crippen LogP contribution in [0.5, 0.6) is 0 Å². The standard InChI is InChI=1S/C11H19N3O4/c1-11(2,9(15)16)13-10(17)14(6-4-5-12)7-8-18-3/h4,6-8H2,1-3H3,(H,13,17)(H,15,16). The van der Waals surface area contributed by atoms with E-state index in [0.29, 0.717) is 13.2 Å². The highest BCUT2D eigenvalue weighted by molar-refractivity contribution is 5.85. The molecule has 0 fully saturated rings. The van der Waals surface area contributed by atoms with Crippen LogP contribution in [-0.2, 0) is 9.53 Å². The molecule has 0 aromatic rings. The lowest BCUT2D eigenvalue weighted by molar-refractivity contribution is -0.143. The molecule has 0 rings (SSSR count). The number of carboxylic acid groups (broad SMARTS) is 1. The van der Waals surface area contributed by atoms with Crippen molar-refractivity contribution < 1.29 is 19.4 Å². The van der Waals surface area contributed by atoms with Gasteiger partial charge in [-0.3, -0.25) is 0 Å². The van der Waals surface area contributed by atoms with E-state index in [0.717, 1.165) is 0 Å². The van der Waals surface area contributed by atoms with Crippen molar-refractivity contribution in [3.8, 4) is 6.07 Å². The zero-order valence-electron chi connectivity index (χ0n) is 10.9. The third-order valence-electron chi connectivity index (χ3n) is 2.30. The van der Waals surface area contributed by atoms with Crippen molar-refractivity contribution in [2.24, 2.45) is 0 Å². The molecule has 0 spiro atoms. The average molecular weight is 257 g/mol. The highest BCUT2D eigenvalue weighted by Gasteiger charge is 2.30. The monoisotopic (exact) mass is 257 g/mol. The van der Waals surface area contributed by atoms with Gasteiger partial charge in [0, 0.05) is 20.2 Å². The Kier molecular flexibility index (Phi) is 6.75. The fourth-order valence-electron chi connectivity index (χ4n) is 1.10. The summed E-state index contributed by atoms with van der Waals surface area (Å²) >= 11 is 0. The molecule has 2 amide bonds. The molecule has 102 valence electrons. The number of carboxylic acids is 1. The predicted molar refractivity (Wildman–Crippen MR) is 63.9 cm³/mol. The number of nitrogens with zero attached hydrogens (tertiary/aromatic N) is 2. The zero-order valence-corrected chi connectivity index (χ0v) is 10.9. The Balaban J connectivity index is 4.55. The van der Waals surface area contributed by atoms with E-state index in [-0.39, 0.29) is 13.0 Å². The number of nitrogens with one attached hydrogen (secondary N) is 1. The molecule has 0 radical (unpaired) electrons. The summed E-state index contributed by atoms with van der Waals surface area (Å²) in [4.78, 5) is 24.1. The van der Waals surface area contributed by atoms with E-state index in [2.05, 4.69) is 5.32 Å². The molecule has 0 saturated heterocycles. The van der Waals surface area contributed by atoms with E-state index < -0.39 is 17.5 Å². The van der Waals surface area contributed by atoms with Crippen LogP contribution in [0.2, 0.25) is 0 Å². The first-order valence-electron chi connectivity index (χ1n) is 5.51. The molecule has 2 N–H and O–H groups in total. The summed E-state index contributed by atoms with van der Waals surface area (Å²) < 4.78 is 4.86. The Morgan fingerprint density at radius 2 is 2.06 bits per heavy atom. The van der Waals surface area contributed by atoms with Crippen molar-refractivity contribution in [1.82, 2.24) is 10.2 Å². The quantitative estimate of drug-likeness (QED) is 0.688. The summed E-state index contributed by atoms with van der Waals surface area (Å²) in [5, 5.41) is 19.8. The molecule has 0 aliphatic heterocycles. The van der Waals surface area contributed by atoms with Crippen molar-refractivity contribution in [2.75, 3.05) is 26.8 Å². The lowest BCUT2D eigenvalue weighted by Gasteiger charge is -2.27. The van der Waals surface area contributed by atoms with Gasteiger partial charge in [0.15, 0.2) is 0 Å². The van der Waals surface area contributed by atoms with E-state index in [1.165, 1.54) is 25.9 Å². The number of methoxy groups -OCH3 is 1. The molecule has 0 bridgehead atoms. The number of hydrogen-bond acceptors (Lipinski definition) is 4. The van der Waals surface area contributed by atoms with Crippen molar-refractivity contribution >= 4 is 12.0 Å². The topological polar surface area (TPSA) is 103 Å². The molecule has 0 aliphatic carbocycles. The second-order valence-corrected chi connectivity index (χ2v) is 4.25. The number of aliphatic carboxylic acids is 1. The summed E-state index contributed by atoms with van der Waals surface area (Å²) in [6.07, 6.45) is 0.185. The third kappa shape index (κ3) is 5.50. The summed E-state index contributed by atoms with van der Waals surface area (Å²) in [5.74, 6) is -1.12. The number of nitriles is 1. The third-order valence-corrected chi connectivity index (χ3v) is 2.30. The summed E-state index contributed by atoms with van der Waals surface area (Å²) in [6, 6.07) is 1.42. The summed E-state index contributed by atoms with van der Waals surface area (Å²) in [7, 11) is 1.50. The number of ether oxygens (including phenoxy) is 1. The molecule has 18 heavy (non-hydrogen) atoms. The minimum atomic E-state index is -1.35. The van der Waals surface area contributed by atoms with Gasteiger partial charge in [-0.1, -0.05) is 0 Å². The molecule has 7 nitrogen and oxygen atoms in total. The minimum absolute atomic E-state index is 0.185. The van der Waals surface area contributed by atoms with E-state index >= 15 is 0 Å². The Bertz CT molecular complexity index is 336. The molecular formula is C11H19N3O4. The highest BCUT2D eigenvalue weighted by Crippen LogP contribution is 2.04. The highest BCUT2D eigenvalue weighted by atomic mass is 16.5. The van der Waals surface area contributed by atoms with Crippen LogP contribution in [0.25, 0.3) is 0 Å². The number of carbonyl (C=O) groups is 2. The smallest absolute Gasteiger partial charge is 0.328 e. The largest absolute Gasteiger partial charge is 0.480 e. The van der Waals surface area contributed by atoms with E-state index in [9.17, 15) is 9.59 Å². The molecule has 0 aromatic heterocycles. The molecule has 0 heterocycles. The first-order chi connectivity index (χ1) is 8.35. The lowest BCUT2D eigenvalue weighted by atomic mass is 10.1. The van der Waals surface area contributed by atoms with Crippen molar-refractivity contribution in [3.05, 3.63) is 0 Å². The number of hydrogen-bond donors (Lipinski definition) is 2.